The van der Waals surface area contributed by atoms with E-state index >= 15 is 0 Å². The normalized spacial score (nSPS) is 20.4. The number of carbonyl (C=O) groups is 3. The summed E-state index contributed by atoms with van der Waals surface area (Å²) in [5.74, 6) is -0.0639. The predicted octanol–water partition coefficient (Wildman–Crippen LogP) is 3.52. The Balaban J connectivity index is 0.000000189. The molecule has 0 saturated carbocycles. The molecule has 0 aliphatic carbocycles. The molecular weight excluding hydrogens is 624 g/mol. The molecule has 12 nitrogen and oxygen atoms in total. The molecule has 3 fully saturated rings. The summed E-state index contributed by atoms with van der Waals surface area (Å²) in [6.45, 7) is 8.05. The highest BCUT2D eigenvalue weighted by atomic mass is 35.5. The number of piperidine rings is 1. The van der Waals surface area contributed by atoms with Gasteiger partial charge >= 0.3 is 6.03 Å². The van der Waals surface area contributed by atoms with Crippen LogP contribution in [0.4, 0.5) is 15.3 Å². The first-order chi connectivity index (χ1) is 22.6. The number of nitrogens with zero attached hydrogens (tertiary/aromatic N) is 4. The number of aryl methyl sites for hydroxylation is 1. The number of ether oxygens (including phenoxy) is 1. The van der Waals surface area contributed by atoms with Gasteiger partial charge in [0.2, 0.25) is 5.91 Å². The van der Waals surface area contributed by atoms with Crippen LogP contribution in [-0.2, 0) is 22.4 Å². The number of anilines is 1. The van der Waals surface area contributed by atoms with Crippen LogP contribution in [0, 0.1) is 6.92 Å². The molecule has 4 amide bonds. The minimum Gasteiger partial charge on any atom is -0.667 e. The van der Waals surface area contributed by atoms with Crippen molar-refractivity contribution in [3.63, 3.8) is 0 Å². The lowest BCUT2D eigenvalue weighted by Gasteiger charge is -2.42. The Morgan fingerprint density at radius 3 is 2.34 bits per heavy atom. The van der Waals surface area contributed by atoms with Gasteiger partial charge in [0.1, 0.15) is 11.8 Å². The summed E-state index contributed by atoms with van der Waals surface area (Å²) in [5, 5.41) is 23.8. The number of urea groups is 1. The molecule has 0 spiro atoms. The van der Waals surface area contributed by atoms with Crippen molar-refractivity contribution in [1.82, 2.24) is 19.6 Å². The summed E-state index contributed by atoms with van der Waals surface area (Å²) in [7, 11) is 0. The molecule has 4 aliphatic heterocycles. The third-order valence-corrected chi connectivity index (χ3v) is 9.98. The minimum atomic E-state index is -1.12. The fraction of sp³-hybridized carbons (Fsp3) is 0.559. The third kappa shape index (κ3) is 8.86. The van der Waals surface area contributed by atoms with Crippen molar-refractivity contribution in [3.05, 3.63) is 63.8 Å². The second-order valence-corrected chi connectivity index (χ2v) is 13.1. The number of nitrogens with one attached hydrogen (secondary N) is 2. The number of amides is 4. The van der Waals surface area contributed by atoms with Gasteiger partial charge in [0, 0.05) is 76.8 Å². The highest BCUT2D eigenvalue weighted by Crippen LogP contribution is 2.29. The molecule has 6 rings (SSSR count). The van der Waals surface area contributed by atoms with Crippen LogP contribution in [0.3, 0.4) is 0 Å². The Bertz CT molecular complexity index is 1380. The van der Waals surface area contributed by atoms with E-state index in [2.05, 4.69) is 10.2 Å². The molecule has 2 aromatic carbocycles. The van der Waals surface area contributed by atoms with Gasteiger partial charge in [-0.1, -0.05) is 41.9 Å². The van der Waals surface area contributed by atoms with Crippen molar-refractivity contribution in [2.75, 3.05) is 64.3 Å². The monoisotopic (exact) mass is 668 g/mol. The summed E-state index contributed by atoms with van der Waals surface area (Å²) in [5.41, 5.74) is 11.7. The predicted molar refractivity (Wildman–Crippen MR) is 178 cm³/mol. The summed E-state index contributed by atoms with van der Waals surface area (Å²) in [6.07, 6.45) is 3.46. The molecule has 4 aliphatic rings. The van der Waals surface area contributed by atoms with Gasteiger partial charge in [0.15, 0.2) is 0 Å². The molecule has 3 saturated heterocycles. The highest BCUT2D eigenvalue weighted by molar-refractivity contribution is 6.32. The Kier molecular flexibility index (Phi) is 11.8. The number of phenols is 1. The van der Waals surface area contributed by atoms with Crippen LogP contribution < -0.4 is 10.4 Å². The van der Waals surface area contributed by atoms with E-state index < -0.39 is 12.1 Å². The number of carbonyl (C=O) groups excluding carboxylic acids is 3. The van der Waals surface area contributed by atoms with Crippen LogP contribution in [0.15, 0.2) is 36.4 Å². The first-order valence-electron chi connectivity index (χ1n) is 16.5. The Morgan fingerprint density at radius 1 is 1.00 bits per heavy atom. The van der Waals surface area contributed by atoms with Crippen LogP contribution in [-0.4, -0.2) is 120 Å². The second-order valence-electron chi connectivity index (χ2n) is 12.7. The van der Waals surface area contributed by atoms with Crippen LogP contribution in [0.25, 0.3) is 5.73 Å². The summed E-state index contributed by atoms with van der Waals surface area (Å²) >= 11 is 6.00. The van der Waals surface area contributed by atoms with Gasteiger partial charge in [-0.3, -0.25) is 9.69 Å². The van der Waals surface area contributed by atoms with Crippen LogP contribution in [0.2, 0.25) is 5.02 Å². The average molecular weight is 669 g/mol. The van der Waals surface area contributed by atoms with E-state index in [0.717, 1.165) is 62.4 Å². The van der Waals surface area contributed by atoms with E-state index in [-0.39, 0.29) is 28.8 Å². The standard InChI is InChI=1S/C19H27ClN3O3.C15H19N3O3/c1-13-10-14(11-16(20)18(13)24)12-17(21)19(25)23-6-4-22(5-7-23)15-2-8-26-9-3-15;19-14-16-13-4-2-1-3-11(13)5-10-18(14)12-6-8-17(9-7-12)15(20)21/h10-11,15,17,21,24H,2-9,12H2,1H3;1-4,12H,5-10H2,(H,16,19)(H,20,21)/q-1;/p-1/t17-;/m1./s1. The van der Waals surface area contributed by atoms with E-state index in [1.54, 1.807) is 19.1 Å². The first kappa shape index (κ1) is 34.7. The van der Waals surface area contributed by atoms with Crippen molar-refractivity contribution >= 4 is 35.3 Å². The molecule has 3 N–H and O–H groups in total. The number of hydrogen-bond acceptors (Lipinski definition) is 7. The van der Waals surface area contributed by atoms with Gasteiger partial charge in [0.25, 0.3) is 0 Å². The number of aromatic hydroxyl groups is 1. The fourth-order valence-corrected chi connectivity index (χ4v) is 7.21. The lowest BCUT2D eigenvalue weighted by Crippen LogP contribution is -2.54. The maximum Gasteiger partial charge on any atom is 0.322 e. The van der Waals surface area contributed by atoms with Gasteiger partial charge in [-0.15, -0.1) is 0 Å². The van der Waals surface area contributed by atoms with Gasteiger partial charge in [-0.05, 0) is 74.3 Å². The lowest BCUT2D eigenvalue weighted by molar-refractivity contribution is -0.266. The third-order valence-electron chi connectivity index (χ3n) is 9.69. The number of hydrogen-bond donors (Lipinski definition) is 2. The molecule has 256 valence electrons. The molecule has 1 atom stereocenters. The van der Waals surface area contributed by atoms with Crippen LogP contribution >= 0.6 is 11.6 Å². The van der Waals surface area contributed by atoms with Gasteiger partial charge in [0.05, 0.1) is 5.02 Å². The van der Waals surface area contributed by atoms with Crippen LogP contribution in [0.5, 0.6) is 5.75 Å². The molecule has 4 heterocycles. The quantitative estimate of drug-likeness (QED) is 0.495. The second kappa shape index (κ2) is 16.0. The topological polar surface area (TPSA) is 153 Å². The SMILES string of the molecule is Cc1cc(C[C@@H]([NH-])C(=O)N2CCN(C3CCOCC3)CC2)cc(Cl)c1O.O=C([O-])N1CCC(N2CCc3ccccc3NC2=O)CC1. The summed E-state index contributed by atoms with van der Waals surface area (Å²) < 4.78 is 5.42. The van der Waals surface area contributed by atoms with Crippen molar-refractivity contribution in [3.8, 4) is 5.75 Å². The number of phenolic OH excluding ortho intramolecular Hbond substituents is 1. The van der Waals surface area contributed by atoms with Gasteiger partial charge < -0.3 is 45.5 Å². The average Bonchev–Trinajstić information content (AvgIpc) is 3.25. The fourth-order valence-electron chi connectivity index (χ4n) is 6.92. The number of piperazine rings is 1. The van der Waals surface area contributed by atoms with E-state index in [4.69, 9.17) is 22.1 Å². The Hall–Kier alpha value is -3.58. The number of rotatable bonds is 5. The van der Waals surface area contributed by atoms with Crippen molar-refractivity contribution < 1.29 is 29.3 Å². The summed E-state index contributed by atoms with van der Waals surface area (Å²) in [6, 6.07) is 11.0. The summed E-state index contributed by atoms with van der Waals surface area (Å²) in [4.78, 5) is 43.2. The van der Waals surface area contributed by atoms with Crippen LogP contribution in [0.1, 0.15) is 42.4 Å². The number of halogens is 1. The maximum absolute atomic E-state index is 12.6. The smallest absolute Gasteiger partial charge is 0.322 e. The van der Waals surface area contributed by atoms with E-state index in [0.29, 0.717) is 63.6 Å². The van der Waals surface area contributed by atoms with Crippen molar-refractivity contribution in [2.24, 2.45) is 0 Å². The van der Waals surface area contributed by atoms with Gasteiger partial charge in [-0.25, -0.2) is 4.79 Å². The first-order valence-corrected chi connectivity index (χ1v) is 16.9. The molecule has 0 unspecified atom stereocenters. The zero-order valence-corrected chi connectivity index (χ0v) is 27.7. The highest BCUT2D eigenvalue weighted by Gasteiger charge is 2.30. The maximum atomic E-state index is 12.6. The van der Waals surface area contributed by atoms with E-state index in [9.17, 15) is 24.6 Å². The molecule has 13 heteroatoms. The number of fused-ring (bicyclic) bond motifs is 1. The largest absolute Gasteiger partial charge is 0.667 e. The number of benzene rings is 2. The molecular formula is C34H45ClN6O6-2. The van der Waals surface area contributed by atoms with Gasteiger partial charge in [-0.2, -0.15) is 0 Å². The molecule has 0 aromatic heterocycles. The molecule has 2 aromatic rings. The minimum absolute atomic E-state index is 0.0625. The molecule has 0 bridgehead atoms. The zero-order valence-electron chi connectivity index (χ0n) is 27.0. The molecule has 47 heavy (non-hydrogen) atoms. The Morgan fingerprint density at radius 2 is 1.68 bits per heavy atom. The zero-order chi connectivity index (χ0) is 33.5. The van der Waals surface area contributed by atoms with E-state index in [1.807, 2.05) is 34.1 Å². The van der Waals surface area contributed by atoms with Crippen molar-refractivity contribution in [2.45, 2.75) is 63.6 Å². The Labute approximate surface area is 281 Å². The number of carboxylic acid groups (broad SMARTS) is 1. The molecule has 0 radical (unpaired) electrons. The van der Waals surface area contributed by atoms with E-state index in [1.165, 1.54) is 4.90 Å². The lowest BCUT2D eigenvalue weighted by atomic mass is 10.0. The number of likely N-dealkylation sites (tertiary alicyclic amines) is 1. The number of para-hydroxylation sites is 1. The van der Waals surface area contributed by atoms with Crippen molar-refractivity contribution in [1.29, 1.82) is 0 Å².